The minimum Gasteiger partial charge on any atom is -0.380 e. The highest BCUT2D eigenvalue weighted by molar-refractivity contribution is 4.85. The molecule has 3 nitrogen and oxygen atoms in total. The first kappa shape index (κ1) is 12.9. The number of rotatable bonds is 7. The molecule has 15 heavy (non-hydrogen) atoms. The summed E-state index contributed by atoms with van der Waals surface area (Å²) in [6.45, 7) is 6.03. The third kappa shape index (κ3) is 5.50. The van der Waals surface area contributed by atoms with Gasteiger partial charge in [0.05, 0.1) is 6.61 Å². The van der Waals surface area contributed by atoms with Crippen LogP contribution >= 0.6 is 0 Å². The number of nitrogens with one attached hydrogen (secondary N) is 1. The largest absolute Gasteiger partial charge is 0.380 e. The SMILES string of the molecule is CC1(NCCCCCCN)CCCOC1. The zero-order chi connectivity index (χ0) is 11.0. The minimum absolute atomic E-state index is 0.228. The smallest absolute Gasteiger partial charge is 0.0645 e. The van der Waals surface area contributed by atoms with E-state index in [-0.39, 0.29) is 5.54 Å². The second-order valence-corrected chi connectivity index (χ2v) is 4.85. The van der Waals surface area contributed by atoms with Gasteiger partial charge in [-0.2, -0.15) is 0 Å². The summed E-state index contributed by atoms with van der Waals surface area (Å²) in [6.07, 6.45) is 7.43. The topological polar surface area (TPSA) is 47.3 Å². The Morgan fingerprint density at radius 1 is 1.27 bits per heavy atom. The van der Waals surface area contributed by atoms with E-state index in [4.69, 9.17) is 10.5 Å². The fourth-order valence-electron chi connectivity index (χ4n) is 2.09. The third-order valence-electron chi connectivity index (χ3n) is 3.12. The van der Waals surface area contributed by atoms with Crippen molar-refractivity contribution in [2.75, 3.05) is 26.3 Å². The molecular weight excluding hydrogens is 188 g/mol. The molecule has 1 atom stereocenters. The van der Waals surface area contributed by atoms with E-state index in [1.54, 1.807) is 0 Å². The molecule has 1 unspecified atom stereocenters. The van der Waals surface area contributed by atoms with E-state index in [0.717, 1.165) is 26.3 Å². The average molecular weight is 214 g/mol. The Labute approximate surface area is 93.8 Å². The van der Waals surface area contributed by atoms with E-state index in [0.29, 0.717) is 0 Å². The molecule has 0 aliphatic carbocycles. The van der Waals surface area contributed by atoms with Gasteiger partial charge >= 0.3 is 0 Å². The molecule has 0 aromatic rings. The molecule has 1 fully saturated rings. The van der Waals surface area contributed by atoms with Crippen LogP contribution < -0.4 is 11.1 Å². The molecule has 1 saturated heterocycles. The summed E-state index contributed by atoms with van der Waals surface area (Å²) in [5, 5.41) is 3.62. The van der Waals surface area contributed by atoms with E-state index in [2.05, 4.69) is 12.2 Å². The van der Waals surface area contributed by atoms with Gasteiger partial charge in [-0.15, -0.1) is 0 Å². The number of hydrogen-bond acceptors (Lipinski definition) is 3. The fourth-order valence-corrected chi connectivity index (χ4v) is 2.09. The monoisotopic (exact) mass is 214 g/mol. The number of hydrogen-bond donors (Lipinski definition) is 2. The van der Waals surface area contributed by atoms with E-state index < -0.39 is 0 Å². The second-order valence-electron chi connectivity index (χ2n) is 4.85. The van der Waals surface area contributed by atoms with Crippen LogP contribution in [0.1, 0.15) is 45.4 Å². The first-order chi connectivity index (χ1) is 7.27. The Bertz CT molecular complexity index is 156. The van der Waals surface area contributed by atoms with Crippen molar-refractivity contribution in [3.63, 3.8) is 0 Å². The van der Waals surface area contributed by atoms with Crippen LogP contribution in [0.4, 0.5) is 0 Å². The maximum Gasteiger partial charge on any atom is 0.0645 e. The fraction of sp³-hybridized carbons (Fsp3) is 1.00. The third-order valence-corrected chi connectivity index (χ3v) is 3.12. The normalized spacial score (nSPS) is 26.8. The van der Waals surface area contributed by atoms with E-state index in [1.807, 2.05) is 0 Å². The quantitative estimate of drug-likeness (QED) is 0.634. The molecule has 0 amide bonds. The molecule has 1 rings (SSSR count). The lowest BCUT2D eigenvalue weighted by atomic mass is 9.95. The molecule has 0 aromatic carbocycles. The molecular formula is C12H26N2O. The molecule has 0 saturated carbocycles. The Balaban J connectivity index is 1.98. The van der Waals surface area contributed by atoms with Crippen molar-refractivity contribution in [1.82, 2.24) is 5.32 Å². The number of nitrogens with two attached hydrogens (primary N) is 1. The summed E-state index contributed by atoms with van der Waals surface area (Å²) >= 11 is 0. The molecule has 1 heterocycles. The summed E-state index contributed by atoms with van der Waals surface area (Å²) in [7, 11) is 0. The lowest BCUT2D eigenvalue weighted by molar-refractivity contribution is 0.0286. The first-order valence-corrected chi connectivity index (χ1v) is 6.30. The van der Waals surface area contributed by atoms with Gasteiger partial charge in [0.25, 0.3) is 0 Å². The van der Waals surface area contributed by atoms with Crippen molar-refractivity contribution in [2.45, 2.75) is 51.0 Å². The Morgan fingerprint density at radius 3 is 2.73 bits per heavy atom. The average Bonchev–Trinajstić information content (AvgIpc) is 2.24. The minimum atomic E-state index is 0.228. The highest BCUT2D eigenvalue weighted by Gasteiger charge is 2.26. The van der Waals surface area contributed by atoms with E-state index in [1.165, 1.54) is 38.5 Å². The zero-order valence-electron chi connectivity index (χ0n) is 10.1. The molecule has 1 aliphatic heterocycles. The number of ether oxygens (including phenoxy) is 1. The van der Waals surface area contributed by atoms with Crippen LogP contribution in [0.5, 0.6) is 0 Å². The summed E-state index contributed by atoms with van der Waals surface area (Å²) in [6, 6.07) is 0. The molecule has 90 valence electrons. The summed E-state index contributed by atoms with van der Waals surface area (Å²) < 4.78 is 5.50. The van der Waals surface area contributed by atoms with Crippen molar-refractivity contribution in [3.8, 4) is 0 Å². The highest BCUT2D eigenvalue weighted by Crippen LogP contribution is 2.18. The van der Waals surface area contributed by atoms with Crippen LogP contribution in [0.25, 0.3) is 0 Å². The van der Waals surface area contributed by atoms with Gasteiger partial charge in [0.15, 0.2) is 0 Å². The van der Waals surface area contributed by atoms with Gasteiger partial charge in [0.2, 0.25) is 0 Å². The lowest BCUT2D eigenvalue weighted by Crippen LogP contribution is -2.49. The highest BCUT2D eigenvalue weighted by atomic mass is 16.5. The van der Waals surface area contributed by atoms with Gasteiger partial charge in [-0.05, 0) is 45.7 Å². The van der Waals surface area contributed by atoms with E-state index in [9.17, 15) is 0 Å². The van der Waals surface area contributed by atoms with Gasteiger partial charge < -0.3 is 15.8 Å². The predicted octanol–water partition coefficient (Wildman–Crippen LogP) is 1.66. The molecule has 0 radical (unpaired) electrons. The van der Waals surface area contributed by atoms with Gasteiger partial charge in [-0.25, -0.2) is 0 Å². The predicted molar refractivity (Wildman–Crippen MR) is 64.0 cm³/mol. The van der Waals surface area contributed by atoms with Gasteiger partial charge in [-0.1, -0.05) is 12.8 Å². The Morgan fingerprint density at radius 2 is 2.07 bits per heavy atom. The van der Waals surface area contributed by atoms with Crippen LogP contribution in [0, 0.1) is 0 Å². The standard InChI is InChI=1S/C12H26N2O/c1-12(7-6-10-15-11-12)14-9-5-3-2-4-8-13/h14H,2-11,13H2,1H3. The van der Waals surface area contributed by atoms with Crippen molar-refractivity contribution in [1.29, 1.82) is 0 Å². The zero-order valence-corrected chi connectivity index (χ0v) is 10.1. The first-order valence-electron chi connectivity index (χ1n) is 6.30. The van der Waals surface area contributed by atoms with E-state index >= 15 is 0 Å². The Kier molecular flexibility index (Phi) is 6.22. The summed E-state index contributed by atoms with van der Waals surface area (Å²) in [4.78, 5) is 0. The second kappa shape index (κ2) is 7.20. The molecule has 0 spiro atoms. The molecule has 1 aliphatic rings. The van der Waals surface area contributed by atoms with Crippen LogP contribution in [-0.2, 0) is 4.74 Å². The van der Waals surface area contributed by atoms with Crippen molar-refractivity contribution in [2.24, 2.45) is 5.73 Å². The summed E-state index contributed by atoms with van der Waals surface area (Å²) in [5.41, 5.74) is 5.68. The molecule has 0 bridgehead atoms. The van der Waals surface area contributed by atoms with Gasteiger partial charge in [0.1, 0.15) is 0 Å². The van der Waals surface area contributed by atoms with Gasteiger partial charge in [-0.3, -0.25) is 0 Å². The number of unbranched alkanes of at least 4 members (excludes halogenated alkanes) is 3. The molecule has 3 heteroatoms. The van der Waals surface area contributed by atoms with Crippen molar-refractivity contribution >= 4 is 0 Å². The van der Waals surface area contributed by atoms with Crippen molar-refractivity contribution in [3.05, 3.63) is 0 Å². The van der Waals surface area contributed by atoms with Crippen LogP contribution in [0.15, 0.2) is 0 Å². The van der Waals surface area contributed by atoms with Gasteiger partial charge in [0, 0.05) is 12.1 Å². The molecule has 3 N–H and O–H groups in total. The Hall–Kier alpha value is -0.120. The van der Waals surface area contributed by atoms with Crippen LogP contribution in [0.3, 0.4) is 0 Å². The van der Waals surface area contributed by atoms with Crippen molar-refractivity contribution < 1.29 is 4.74 Å². The lowest BCUT2D eigenvalue weighted by Gasteiger charge is -2.34. The maximum atomic E-state index is 5.50. The van der Waals surface area contributed by atoms with Crippen LogP contribution in [0.2, 0.25) is 0 Å². The maximum absolute atomic E-state index is 5.50. The summed E-state index contributed by atoms with van der Waals surface area (Å²) in [5.74, 6) is 0. The molecule has 0 aromatic heterocycles. The van der Waals surface area contributed by atoms with Crippen LogP contribution in [-0.4, -0.2) is 31.8 Å².